The fraction of sp³-hybridized carbons (Fsp3) is 0. The lowest BCUT2D eigenvalue weighted by molar-refractivity contribution is 1.54. The monoisotopic (exact) mass is 344 g/mol. The smallest absolute Gasteiger partial charge is 0.131 e. The van der Waals surface area contributed by atoms with E-state index in [2.05, 4.69) is 14.1 Å². The van der Waals surface area contributed by atoms with Crippen molar-refractivity contribution >= 4 is 74.6 Å². The molecular formula is C12H7Cl3N4S. The first-order chi connectivity index (χ1) is 9.58. The minimum atomic E-state index is 0.425. The number of nitrogens with zero attached hydrogens (tertiary/aromatic N) is 2. The van der Waals surface area contributed by atoms with E-state index in [1.807, 2.05) is 0 Å². The van der Waals surface area contributed by atoms with Crippen LogP contribution in [0, 0.1) is 0 Å². The Kier molecular flexibility index (Phi) is 3.60. The van der Waals surface area contributed by atoms with Crippen LogP contribution in [-0.2, 0) is 0 Å². The van der Waals surface area contributed by atoms with Crippen molar-refractivity contribution in [3.8, 4) is 0 Å². The van der Waals surface area contributed by atoms with Crippen LogP contribution in [0.15, 0.2) is 24.3 Å². The van der Waals surface area contributed by atoms with Gasteiger partial charge in [0.15, 0.2) is 0 Å². The van der Waals surface area contributed by atoms with Crippen molar-refractivity contribution in [1.82, 2.24) is 8.75 Å². The van der Waals surface area contributed by atoms with Crippen molar-refractivity contribution < 1.29 is 0 Å². The maximum absolute atomic E-state index is 6.23. The fourth-order valence-corrected chi connectivity index (χ4v) is 3.18. The van der Waals surface area contributed by atoms with Crippen molar-refractivity contribution in [2.45, 2.75) is 0 Å². The van der Waals surface area contributed by atoms with Gasteiger partial charge in [0.2, 0.25) is 0 Å². The molecule has 0 saturated carbocycles. The predicted octanol–water partition coefficient (Wildman–Crippen LogP) is 4.98. The quantitative estimate of drug-likeness (QED) is 0.643. The molecule has 0 aliphatic heterocycles. The van der Waals surface area contributed by atoms with Gasteiger partial charge in [0.1, 0.15) is 11.0 Å². The van der Waals surface area contributed by atoms with Crippen LogP contribution in [-0.4, -0.2) is 8.75 Å². The molecule has 1 heterocycles. The third kappa shape index (κ3) is 2.27. The average molecular weight is 346 g/mol. The summed E-state index contributed by atoms with van der Waals surface area (Å²) in [6, 6.07) is 6.86. The number of hydrogen-bond donors (Lipinski definition) is 2. The molecule has 0 spiro atoms. The summed E-state index contributed by atoms with van der Waals surface area (Å²) in [6.07, 6.45) is 0. The van der Waals surface area contributed by atoms with E-state index in [1.54, 1.807) is 24.3 Å². The molecule has 0 unspecified atom stereocenters. The van der Waals surface area contributed by atoms with Crippen LogP contribution in [0.2, 0.25) is 15.1 Å². The van der Waals surface area contributed by atoms with Crippen LogP contribution in [0.3, 0.4) is 0 Å². The summed E-state index contributed by atoms with van der Waals surface area (Å²) in [5, 5.41) is 4.50. The molecule has 0 aliphatic carbocycles. The van der Waals surface area contributed by atoms with Crippen molar-refractivity contribution in [2.75, 3.05) is 11.1 Å². The zero-order valence-electron chi connectivity index (χ0n) is 9.82. The van der Waals surface area contributed by atoms with Crippen LogP contribution in [0.4, 0.5) is 17.1 Å². The molecule has 8 heteroatoms. The van der Waals surface area contributed by atoms with E-state index in [4.69, 9.17) is 40.5 Å². The normalized spacial score (nSPS) is 10.9. The summed E-state index contributed by atoms with van der Waals surface area (Å²) in [5.41, 5.74) is 8.77. The van der Waals surface area contributed by atoms with Gasteiger partial charge in [-0.15, -0.1) is 0 Å². The Morgan fingerprint density at radius 3 is 2.45 bits per heavy atom. The van der Waals surface area contributed by atoms with Gasteiger partial charge in [-0.3, -0.25) is 0 Å². The largest absolute Gasteiger partial charge is 0.397 e. The number of nitrogens with one attached hydrogen (secondary N) is 1. The van der Waals surface area contributed by atoms with E-state index in [9.17, 15) is 0 Å². The van der Waals surface area contributed by atoms with Crippen molar-refractivity contribution in [3.63, 3.8) is 0 Å². The third-order valence-corrected chi connectivity index (χ3v) is 4.17. The zero-order valence-corrected chi connectivity index (χ0v) is 12.9. The van der Waals surface area contributed by atoms with E-state index >= 15 is 0 Å². The maximum Gasteiger partial charge on any atom is 0.131 e. The molecule has 2 aromatic carbocycles. The highest BCUT2D eigenvalue weighted by Crippen LogP contribution is 2.39. The second-order valence-corrected chi connectivity index (χ2v) is 5.76. The Hall–Kier alpha value is -1.27. The van der Waals surface area contributed by atoms with Crippen LogP contribution in [0.25, 0.3) is 11.0 Å². The van der Waals surface area contributed by atoms with Gasteiger partial charge in [-0.2, -0.15) is 8.75 Å². The van der Waals surface area contributed by atoms with Gasteiger partial charge in [-0.1, -0.05) is 40.9 Å². The van der Waals surface area contributed by atoms with Crippen LogP contribution in [0.1, 0.15) is 0 Å². The van der Waals surface area contributed by atoms with E-state index in [-0.39, 0.29) is 0 Å². The van der Waals surface area contributed by atoms with Gasteiger partial charge in [0.25, 0.3) is 0 Å². The molecule has 3 rings (SSSR count). The standard InChI is InChI=1S/C12H7Cl3N4S/c13-5-2-1-3-8(16)9(5)17-10-6(14)4-7(15)11-12(10)19-20-18-11/h1-4,17H,16H2. The van der Waals surface area contributed by atoms with Crippen molar-refractivity contribution in [3.05, 3.63) is 39.3 Å². The van der Waals surface area contributed by atoms with E-state index in [0.717, 1.165) is 11.7 Å². The summed E-state index contributed by atoms with van der Waals surface area (Å²) in [4.78, 5) is 0. The molecule has 4 nitrogen and oxygen atoms in total. The molecule has 3 aromatic rings. The summed E-state index contributed by atoms with van der Waals surface area (Å²) in [6.45, 7) is 0. The highest BCUT2D eigenvalue weighted by molar-refractivity contribution is 7.00. The van der Waals surface area contributed by atoms with Crippen LogP contribution < -0.4 is 11.1 Å². The number of nitrogens with two attached hydrogens (primary N) is 1. The minimum absolute atomic E-state index is 0.425. The Labute approximate surface area is 133 Å². The first-order valence-corrected chi connectivity index (χ1v) is 7.35. The van der Waals surface area contributed by atoms with Gasteiger partial charge in [-0.05, 0) is 18.2 Å². The van der Waals surface area contributed by atoms with Crippen molar-refractivity contribution in [1.29, 1.82) is 0 Å². The molecule has 0 atom stereocenters. The Bertz CT molecular complexity index is 782. The number of anilines is 3. The second kappa shape index (κ2) is 5.26. The lowest BCUT2D eigenvalue weighted by Gasteiger charge is -2.13. The Balaban J connectivity index is 2.18. The molecular weight excluding hydrogens is 339 g/mol. The highest BCUT2D eigenvalue weighted by atomic mass is 35.5. The minimum Gasteiger partial charge on any atom is -0.397 e. The molecule has 20 heavy (non-hydrogen) atoms. The highest BCUT2D eigenvalue weighted by Gasteiger charge is 2.16. The number of benzene rings is 2. The molecule has 0 bridgehead atoms. The molecule has 3 N–H and O–H groups in total. The molecule has 0 fully saturated rings. The number of aromatic nitrogens is 2. The number of fused-ring (bicyclic) bond motifs is 1. The lowest BCUT2D eigenvalue weighted by Crippen LogP contribution is -1.98. The molecule has 102 valence electrons. The zero-order chi connectivity index (χ0) is 14.3. The lowest BCUT2D eigenvalue weighted by atomic mass is 10.2. The summed E-state index contributed by atoms with van der Waals surface area (Å²) in [7, 11) is 0. The SMILES string of the molecule is Nc1cccc(Cl)c1Nc1c(Cl)cc(Cl)c2nsnc12. The molecule has 0 radical (unpaired) electrons. The number of hydrogen-bond acceptors (Lipinski definition) is 5. The topological polar surface area (TPSA) is 63.8 Å². The number of rotatable bonds is 2. The van der Waals surface area contributed by atoms with Gasteiger partial charge < -0.3 is 11.1 Å². The van der Waals surface area contributed by atoms with Crippen LogP contribution in [0.5, 0.6) is 0 Å². The molecule has 0 amide bonds. The maximum atomic E-state index is 6.23. The third-order valence-electron chi connectivity index (χ3n) is 2.74. The first-order valence-electron chi connectivity index (χ1n) is 5.49. The van der Waals surface area contributed by atoms with Gasteiger partial charge in [0.05, 0.1) is 43.9 Å². The Morgan fingerprint density at radius 2 is 1.70 bits per heavy atom. The van der Waals surface area contributed by atoms with Gasteiger partial charge in [-0.25, -0.2) is 0 Å². The molecule has 0 saturated heterocycles. The summed E-state index contributed by atoms with van der Waals surface area (Å²) >= 11 is 19.5. The fourth-order valence-electron chi connectivity index (χ4n) is 1.79. The summed E-state index contributed by atoms with van der Waals surface area (Å²) < 4.78 is 8.35. The van der Waals surface area contributed by atoms with Gasteiger partial charge in [0, 0.05) is 0 Å². The van der Waals surface area contributed by atoms with Crippen molar-refractivity contribution in [2.24, 2.45) is 0 Å². The van der Waals surface area contributed by atoms with E-state index in [1.165, 1.54) is 0 Å². The van der Waals surface area contributed by atoms with E-state index < -0.39 is 0 Å². The number of nitrogen functional groups attached to an aromatic ring is 1. The molecule has 1 aromatic heterocycles. The predicted molar refractivity (Wildman–Crippen MR) is 86.6 cm³/mol. The number of halogens is 3. The van der Waals surface area contributed by atoms with Gasteiger partial charge >= 0.3 is 0 Å². The first kappa shape index (κ1) is 13.7. The average Bonchev–Trinajstić information content (AvgIpc) is 2.87. The molecule has 0 aliphatic rings. The van der Waals surface area contributed by atoms with E-state index in [0.29, 0.717) is 43.2 Å². The number of para-hydroxylation sites is 1. The summed E-state index contributed by atoms with van der Waals surface area (Å²) in [5.74, 6) is 0. The Morgan fingerprint density at radius 1 is 0.950 bits per heavy atom. The van der Waals surface area contributed by atoms with Crippen LogP contribution >= 0.6 is 46.5 Å². The second-order valence-electron chi connectivity index (χ2n) is 4.01.